The average Bonchev–Trinajstić information content (AvgIpc) is 3.36. The number of ether oxygens (including phenoxy) is 4. The van der Waals surface area contributed by atoms with Crippen LogP contribution in [0.5, 0.6) is 34.5 Å². The van der Waals surface area contributed by atoms with Gasteiger partial charge in [-0.3, -0.25) is 0 Å². The van der Waals surface area contributed by atoms with Crippen LogP contribution in [-0.4, -0.2) is 38.7 Å². The number of benzene rings is 2. The second-order valence-electron chi connectivity index (χ2n) is 8.24. The predicted octanol–water partition coefficient (Wildman–Crippen LogP) is 4.82. The summed E-state index contributed by atoms with van der Waals surface area (Å²) in [7, 11) is 6.25. The normalized spacial score (nSPS) is 25.1. The highest BCUT2D eigenvalue weighted by Gasteiger charge is 2.46. The van der Waals surface area contributed by atoms with Gasteiger partial charge in [0, 0.05) is 0 Å². The number of hydrogen-bond donors (Lipinski definition) is 2. The Balaban J connectivity index is 1.63. The SMILES string of the molecule is COc1cc([C@H]2CC[C@H]3[C@@H]2CC[C@@H]3c2cc(OC)c(O)c(OC)c2)cc(OC)c1O. The van der Waals surface area contributed by atoms with Crippen LogP contribution >= 0.6 is 0 Å². The quantitative estimate of drug-likeness (QED) is 0.706. The van der Waals surface area contributed by atoms with Crippen molar-refractivity contribution < 1.29 is 29.2 Å². The van der Waals surface area contributed by atoms with Crippen molar-refractivity contribution in [2.75, 3.05) is 28.4 Å². The van der Waals surface area contributed by atoms with Crippen LogP contribution in [0.2, 0.25) is 0 Å². The Bertz CT molecular complexity index is 798. The van der Waals surface area contributed by atoms with Crippen LogP contribution in [0.1, 0.15) is 48.6 Å². The zero-order valence-electron chi connectivity index (χ0n) is 18.0. The van der Waals surface area contributed by atoms with Gasteiger partial charge in [0.2, 0.25) is 11.5 Å². The molecule has 2 N–H and O–H groups in total. The third-order valence-electron chi connectivity index (χ3n) is 7.07. The lowest BCUT2D eigenvalue weighted by Gasteiger charge is -2.23. The Morgan fingerprint density at radius 3 is 1.13 bits per heavy atom. The fourth-order valence-corrected chi connectivity index (χ4v) is 5.68. The van der Waals surface area contributed by atoms with Gasteiger partial charge < -0.3 is 29.2 Å². The Morgan fingerprint density at radius 2 is 0.867 bits per heavy atom. The highest BCUT2D eigenvalue weighted by Crippen LogP contribution is 2.59. The van der Waals surface area contributed by atoms with Crippen molar-refractivity contribution in [3.63, 3.8) is 0 Å². The molecule has 2 saturated carbocycles. The number of fused-ring (bicyclic) bond motifs is 1. The van der Waals surface area contributed by atoms with Crippen molar-refractivity contribution in [3.05, 3.63) is 35.4 Å². The van der Waals surface area contributed by atoms with Crippen LogP contribution in [-0.2, 0) is 0 Å². The van der Waals surface area contributed by atoms with E-state index in [2.05, 4.69) is 0 Å². The Hall–Kier alpha value is -2.76. The molecule has 0 amide bonds. The van der Waals surface area contributed by atoms with Crippen molar-refractivity contribution in [1.82, 2.24) is 0 Å². The second-order valence-corrected chi connectivity index (χ2v) is 8.24. The van der Waals surface area contributed by atoms with E-state index in [9.17, 15) is 10.2 Å². The number of phenols is 2. The fraction of sp³-hybridized carbons (Fsp3) is 0.500. The van der Waals surface area contributed by atoms with Gasteiger partial charge in [0.15, 0.2) is 23.0 Å². The lowest BCUT2D eigenvalue weighted by Crippen LogP contribution is -2.12. The Morgan fingerprint density at radius 1 is 0.567 bits per heavy atom. The van der Waals surface area contributed by atoms with Gasteiger partial charge >= 0.3 is 0 Å². The molecule has 6 heteroatoms. The highest BCUT2D eigenvalue weighted by atomic mass is 16.5. The van der Waals surface area contributed by atoms with Crippen molar-refractivity contribution >= 4 is 0 Å². The molecule has 2 aromatic carbocycles. The summed E-state index contributed by atoms with van der Waals surface area (Å²) in [6, 6.07) is 7.80. The highest BCUT2D eigenvalue weighted by molar-refractivity contribution is 5.55. The van der Waals surface area contributed by atoms with Crippen LogP contribution in [0.15, 0.2) is 24.3 Å². The number of phenolic OH excluding ortho intramolecular Hbond substituents is 2. The molecule has 0 spiro atoms. The van der Waals surface area contributed by atoms with Gasteiger partial charge in [-0.15, -0.1) is 0 Å². The van der Waals surface area contributed by atoms with E-state index in [1.54, 1.807) is 28.4 Å². The van der Waals surface area contributed by atoms with E-state index in [-0.39, 0.29) is 11.5 Å². The van der Waals surface area contributed by atoms with Gasteiger partial charge in [-0.25, -0.2) is 0 Å². The summed E-state index contributed by atoms with van der Waals surface area (Å²) in [6.45, 7) is 0. The molecule has 0 heterocycles. The lowest BCUT2D eigenvalue weighted by molar-refractivity contribution is 0.335. The summed E-state index contributed by atoms with van der Waals surface area (Å²) in [5, 5.41) is 20.5. The maximum atomic E-state index is 10.3. The molecule has 4 atom stereocenters. The molecule has 0 aromatic heterocycles. The minimum atomic E-state index is 0.0471. The second kappa shape index (κ2) is 8.17. The molecule has 2 aliphatic rings. The molecular weight excluding hydrogens is 384 g/mol. The van der Waals surface area contributed by atoms with Crippen LogP contribution in [0.4, 0.5) is 0 Å². The minimum Gasteiger partial charge on any atom is -0.502 e. The van der Waals surface area contributed by atoms with Crippen molar-refractivity contribution in [1.29, 1.82) is 0 Å². The summed E-state index contributed by atoms with van der Waals surface area (Å²) < 4.78 is 21.5. The summed E-state index contributed by atoms with van der Waals surface area (Å²) in [5.41, 5.74) is 2.33. The molecule has 4 rings (SSSR count). The topological polar surface area (TPSA) is 77.4 Å². The number of rotatable bonds is 6. The first-order valence-electron chi connectivity index (χ1n) is 10.4. The van der Waals surface area contributed by atoms with E-state index in [0.717, 1.165) is 36.8 Å². The summed E-state index contributed by atoms with van der Waals surface area (Å²) >= 11 is 0. The third-order valence-corrected chi connectivity index (χ3v) is 7.07. The molecule has 2 aromatic rings. The van der Waals surface area contributed by atoms with Crippen molar-refractivity contribution in [2.24, 2.45) is 11.8 Å². The number of aromatic hydroxyl groups is 2. The van der Waals surface area contributed by atoms with E-state index in [1.807, 2.05) is 24.3 Å². The van der Waals surface area contributed by atoms with Gasteiger partial charge in [-0.05, 0) is 84.7 Å². The maximum absolute atomic E-state index is 10.3. The van der Waals surface area contributed by atoms with Gasteiger partial charge in [-0.1, -0.05) is 0 Å². The van der Waals surface area contributed by atoms with Crippen molar-refractivity contribution in [2.45, 2.75) is 37.5 Å². The molecule has 2 aliphatic carbocycles. The molecular formula is C24H30O6. The average molecular weight is 414 g/mol. The van der Waals surface area contributed by atoms with Crippen molar-refractivity contribution in [3.8, 4) is 34.5 Å². The van der Waals surface area contributed by atoms with Crippen LogP contribution < -0.4 is 18.9 Å². The van der Waals surface area contributed by atoms with Crippen LogP contribution in [0.3, 0.4) is 0 Å². The van der Waals surface area contributed by atoms with E-state index < -0.39 is 0 Å². The molecule has 0 saturated heterocycles. The first-order chi connectivity index (χ1) is 14.5. The monoisotopic (exact) mass is 414 g/mol. The van der Waals surface area contributed by atoms with Crippen LogP contribution in [0.25, 0.3) is 0 Å². The number of hydrogen-bond acceptors (Lipinski definition) is 6. The summed E-state index contributed by atoms with van der Waals surface area (Å²) in [6.07, 6.45) is 4.46. The molecule has 6 nitrogen and oxygen atoms in total. The van der Waals surface area contributed by atoms with Crippen LogP contribution in [0, 0.1) is 11.8 Å². The lowest BCUT2D eigenvalue weighted by atomic mass is 9.83. The van der Waals surface area contributed by atoms with Gasteiger partial charge in [-0.2, -0.15) is 0 Å². The molecule has 2 fully saturated rings. The molecule has 0 unspecified atom stereocenters. The minimum absolute atomic E-state index is 0.0471. The zero-order chi connectivity index (χ0) is 21.4. The predicted molar refractivity (Wildman–Crippen MR) is 113 cm³/mol. The Kier molecular flexibility index (Phi) is 5.58. The molecule has 162 valence electrons. The third kappa shape index (κ3) is 3.28. The molecule has 0 bridgehead atoms. The first-order valence-corrected chi connectivity index (χ1v) is 10.4. The van der Waals surface area contributed by atoms with E-state index in [4.69, 9.17) is 18.9 Å². The van der Waals surface area contributed by atoms with E-state index in [0.29, 0.717) is 46.7 Å². The van der Waals surface area contributed by atoms with E-state index in [1.165, 1.54) is 0 Å². The number of methoxy groups -OCH3 is 4. The van der Waals surface area contributed by atoms with Gasteiger partial charge in [0.25, 0.3) is 0 Å². The summed E-state index contributed by atoms with van der Waals surface area (Å²) in [5.74, 6) is 3.83. The molecule has 0 aliphatic heterocycles. The first kappa shape index (κ1) is 20.5. The maximum Gasteiger partial charge on any atom is 0.200 e. The standard InChI is InChI=1S/C24H30O6/c1-27-19-9-13(10-20(28-2)23(19)25)15-5-7-18-16(6-8-17(15)18)14-11-21(29-3)24(26)22(12-14)30-4/h9-12,15-18,25-26H,5-8H2,1-4H3/t15-,16-,17-,18-/m1/s1. The van der Waals surface area contributed by atoms with Gasteiger partial charge in [0.1, 0.15) is 0 Å². The fourth-order valence-electron chi connectivity index (χ4n) is 5.68. The summed E-state index contributed by atoms with van der Waals surface area (Å²) in [4.78, 5) is 0. The largest absolute Gasteiger partial charge is 0.502 e. The molecule has 30 heavy (non-hydrogen) atoms. The zero-order valence-corrected chi connectivity index (χ0v) is 18.0. The molecule has 0 radical (unpaired) electrons. The van der Waals surface area contributed by atoms with Gasteiger partial charge in [0.05, 0.1) is 28.4 Å². The Labute approximate surface area is 177 Å². The van der Waals surface area contributed by atoms with E-state index >= 15 is 0 Å². The smallest absolute Gasteiger partial charge is 0.200 e.